The monoisotopic (exact) mass is 247 g/mol. The summed E-state index contributed by atoms with van der Waals surface area (Å²) in [6, 6.07) is 12.1. The zero-order chi connectivity index (χ0) is 12.9. The number of hydrogen-bond donors (Lipinski definition) is 0. The van der Waals surface area contributed by atoms with Gasteiger partial charge in [0.1, 0.15) is 0 Å². The summed E-state index contributed by atoms with van der Waals surface area (Å²) in [4.78, 5) is 12.6. The molecule has 3 rings (SSSR count). The van der Waals surface area contributed by atoms with Crippen LogP contribution < -0.4 is 0 Å². The summed E-state index contributed by atoms with van der Waals surface area (Å²) in [7, 11) is 0. The molecule has 3 aromatic rings. The highest BCUT2D eigenvalue weighted by Gasteiger charge is 2.16. The van der Waals surface area contributed by atoms with Gasteiger partial charge in [-0.1, -0.05) is 18.2 Å². The summed E-state index contributed by atoms with van der Waals surface area (Å²) < 4.78 is 0. The molecular formula is C16H13N3. The van der Waals surface area contributed by atoms with Gasteiger partial charge in [0.05, 0.1) is 0 Å². The lowest BCUT2D eigenvalue weighted by molar-refractivity contribution is 0.940. The minimum absolute atomic E-state index is 0.121. The zero-order valence-corrected chi connectivity index (χ0v) is 10.3. The van der Waals surface area contributed by atoms with E-state index in [1.165, 1.54) is 0 Å². The molecule has 92 valence electrons. The van der Waals surface area contributed by atoms with E-state index in [-0.39, 0.29) is 5.92 Å². The lowest BCUT2D eigenvalue weighted by Gasteiger charge is -2.17. The number of aromatic nitrogens is 3. The van der Waals surface area contributed by atoms with Gasteiger partial charge < -0.3 is 0 Å². The molecule has 0 radical (unpaired) electrons. The maximum absolute atomic E-state index is 4.22. The topological polar surface area (TPSA) is 38.7 Å². The molecule has 0 spiro atoms. The maximum atomic E-state index is 4.22. The minimum Gasteiger partial charge on any atom is -0.264 e. The second kappa shape index (κ2) is 5.40. The lowest BCUT2D eigenvalue weighted by atomic mass is 9.88. The van der Waals surface area contributed by atoms with Crippen LogP contribution in [0.3, 0.4) is 0 Å². The molecule has 3 aromatic heterocycles. The van der Waals surface area contributed by atoms with Gasteiger partial charge in [-0.3, -0.25) is 15.0 Å². The van der Waals surface area contributed by atoms with E-state index < -0.39 is 0 Å². The Hall–Kier alpha value is -2.55. The maximum Gasteiger partial charge on any atom is 0.0385 e. The van der Waals surface area contributed by atoms with Crippen LogP contribution in [0.2, 0.25) is 0 Å². The van der Waals surface area contributed by atoms with E-state index in [0.717, 1.165) is 16.7 Å². The van der Waals surface area contributed by atoms with Crippen molar-refractivity contribution in [3.63, 3.8) is 0 Å². The first-order chi connectivity index (χ1) is 9.45. The third-order valence-electron chi connectivity index (χ3n) is 3.05. The van der Waals surface area contributed by atoms with Crippen molar-refractivity contribution >= 4 is 0 Å². The smallest absolute Gasteiger partial charge is 0.0385 e. The molecule has 0 unspecified atom stereocenters. The summed E-state index contributed by atoms with van der Waals surface area (Å²) in [6.45, 7) is 0. The molecule has 3 heterocycles. The second-order valence-corrected chi connectivity index (χ2v) is 4.29. The third kappa shape index (κ3) is 2.50. The van der Waals surface area contributed by atoms with Gasteiger partial charge in [-0.25, -0.2) is 0 Å². The Morgan fingerprint density at radius 2 is 0.947 bits per heavy atom. The molecule has 0 saturated carbocycles. The quantitative estimate of drug-likeness (QED) is 0.714. The van der Waals surface area contributed by atoms with Crippen LogP contribution in [-0.4, -0.2) is 15.0 Å². The van der Waals surface area contributed by atoms with Gasteiger partial charge in [0.25, 0.3) is 0 Å². The van der Waals surface area contributed by atoms with Gasteiger partial charge in [-0.2, -0.15) is 0 Å². The van der Waals surface area contributed by atoms with Gasteiger partial charge in [-0.05, 0) is 34.9 Å². The molecule has 0 aromatic carbocycles. The average Bonchev–Trinajstić information content (AvgIpc) is 2.51. The van der Waals surface area contributed by atoms with Gasteiger partial charge >= 0.3 is 0 Å². The van der Waals surface area contributed by atoms with Crippen molar-refractivity contribution in [3.05, 3.63) is 90.3 Å². The van der Waals surface area contributed by atoms with Gasteiger partial charge in [0, 0.05) is 43.1 Å². The SMILES string of the molecule is c1cncc(C(c2cccnc2)c2cccnc2)c1. The highest BCUT2D eigenvalue weighted by molar-refractivity contribution is 5.39. The molecule has 0 bridgehead atoms. The van der Waals surface area contributed by atoms with Crippen LogP contribution in [0.5, 0.6) is 0 Å². The predicted molar refractivity (Wildman–Crippen MR) is 73.7 cm³/mol. The van der Waals surface area contributed by atoms with E-state index in [1.54, 1.807) is 18.6 Å². The van der Waals surface area contributed by atoms with E-state index in [2.05, 4.69) is 33.2 Å². The highest BCUT2D eigenvalue weighted by atomic mass is 14.6. The molecular weight excluding hydrogens is 234 g/mol. The van der Waals surface area contributed by atoms with Crippen LogP contribution in [0.1, 0.15) is 22.6 Å². The molecule has 3 heteroatoms. The number of rotatable bonds is 3. The summed E-state index contributed by atoms with van der Waals surface area (Å²) in [5, 5.41) is 0. The molecule has 0 aliphatic carbocycles. The van der Waals surface area contributed by atoms with Crippen molar-refractivity contribution in [1.82, 2.24) is 15.0 Å². The Labute approximate surface area is 112 Å². The van der Waals surface area contributed by atoms with E-state index in [4.69, 9.17) is 0 Å². The average molecular weight is 247 g/mol. The van der Waals surface area contributed by atoms with Crippen LogP contribution >= 0.6 is 0 Å². The van der Waals surface area contributed by atoms with E-state index in [9.17, 15) is 0 Å². The number of pyridine rings is 3. The first-order valence-corrected chi connectivity index (χ1v) is 6.15. The Kier molecular flexibility index (Phi) is 3.28. The molecule has 0 aliphatic heterocycles. The summed E-state index contributed by atoms with van der Waals surface area (Å²) in [5.74, 6) is 0.121. The minimum atomic E-state index is 0.121. The highest BCUT2D eigenvalue weighted by Crippen LogP contribution is 2.30. The Balaban J connectivity index is 2.12. The molecule has 3 nitrogen and oxygen atoms in total. The lowest BCUT2D eigenvalue weighted by Crippen LogP contribution is -2.04. The molecule has 0 N–H and O–H groups in total. The van der Waals surface area contributed by atoms with Gasteiger partial charge in [-0.15, -0.1) is 0 Å². The van der Waals surface area contributed by atoms with Gasteiger partial charge in [0.15, 0.2) is 0 Å². The normalized spacial score (nSPS) is 10.6. The summed E-state index contributed by atoms with van der Waals surface area (Å²) in [5.41, 5.74) is 3.43. The first-order valence-electron chi connectivity index (χ1n) is 6.15. The van der Waals surface area contributed by atoms with Crippen molar-refractivity contribution < 1.29 is 0 Å². The van der Waals surface area contributed by atoms with E-state index >= 15 is 0 Å². The first kappa shape index (κ1) is 11.5. The number of nitrogens with zero attached hydrogens (tertiary/aromatic N) is 3. The number of hydrogen-bond acceptors (Lipinski definition) is 3. The van der Waals surface area contributed by atoms with Crippen LogP contribution in [0.4, 0.5) is 0 Å². The molecule has 0 saturated heterocycles. The van der Waals surface area contributed by atoms with Crippen LogP contribution in [0, 0.1) is 0 Å². The standard InChI is InChI=1S/C16H13N3/c1-4-13(10-17-7-1)16(14-5-2-8-18-11-14)15-6-3-9-19-12-15/h1-12,16H. The fourth-order valence-electron chi connectivity index (χ4n) is 2.22. The van der Waals surface area contributed by atoms with Crippen LogP contribution in [0.15, 0.2) is 73.6 Å². The zero-order valence-electron chi connectivity index (χ0n) is 10.3. The molecule has 19 heavy (non-hydrogen) atoms. The summed E-state index contributed by atoms with van der Waals surface area (Å²) in [6.07, 6.45) is 11.0. The second-order valence-electron chi connectivity index (χ2n) is 4.29. The molecule has 0 aliphatic rings. The van der Waals surface area contributed by atoms with Crippen LogP contribution in [0.25, 0.3) is 0 Å². The molecule has 0 amide bonds. The molecule has 0 fully saturated rings. The van der Waals surface area contributed by atoms with E-state index in [1.807, 2.05) is 36.8 Å². The Morgan fingerprint density at radius 3 is 1.21 bits per heavy atom. The fourth-order valence-corrected chi connectivity index (χ4v) is 2.22. The summed E-state index contributed by atoms with van der Waals surface area (Å²) >= 11 is 0. The Bertz CT molecular complexity index is 530. The van der Waals surface area contributed by atoms with Crippen molar-refractivity contribution in [2.45, 2.75) is 5.92 Å². The van der Waals surface area contributed by atoms with Crippen molar-refractivity contribution in [3.8, 4) is 0 Å². The van der Waals surface area contributed by atoms with E-state index in [0.29, 0.717) is 0 Å². The van der Waals surface area contributed by atoms with Crippen molar-refractivity contribution in [2.75, 3.05) is 0 Å². The van der Waals surface area contributed by atoms with Crippen LogP contribution in [-0.2, 0) is 0 Å². The Morgan fingerprint density at radius 1 is 0.579 bits per heavy atom. The fraction of sp³-hybridized carbons (Fsp3) is 0.0625. The molecule has 0 atom stereocenters. The third-order valence-corrected chi connectivity index (χ3v) is 3.05. The van der Waals surface area contributed by atoms with Crippen molar-refractivity contribution in [2.24, 2.45) is 0 Å². The van der Waals surface area contributed by atoms with Crippen molar-refractivity contribution in [1.29, 1.82) is 0 Å². The van der Waals surface area contributed by atoms with Gasteiger partial charge in [0.2, 0.25) is 0 Å². The largest absolute Gasteiger partial charge is 0.264 e. The predicted octanol–water partition coefficient (Wildman–Crippen LogP) is 3.05.